The molecule has 2 radical (unpaired) electrons. The average Bonchev–Trinajstić information content (AvgIpc) is 2.66. The normalized spacial score (nSPS) is 10.8. The Hall–Kier alpha value is -3.26. The van der Waals surface area contributed by atoms with Crippen molar-refractivity contribution in [2.75, 3.05) is 0 Å². The Kier molecular flexibility index (Phi) is 3.43. The Morgan fingerprint density at radius 3 is 1.33 bits per heavy atom. The minimum atomic E-state index is 0.446. The third-order valence-electron chi connectivity index (χ3n) is 4.33. The first-order valence-electron chi connectivity index (χ1n) is 7.63. The molecule has 4 rings (SSSR count). The van der Waals surface area contributed by atoms with Gasteiger partial charge >= 0.3 is 0 Å². The van der Waals surface area contributed by atoms with Crippen molar-refractivity contribution in [2.24, 2.45) is 0 Å². The first kappa shape index (κ1) is 14.3. The molecule has 2 nitrogen and oxygen atoms in total. The Balaban J connectivity index is 2.25. The van der Waals surface area contributed by atoms with Crippen molar-refractivity contribution in [3.05, 3.63) is 83.9 Å². The molecule has 0 fully saturated rings. The van der Waals surface area contributed by atoms with Gasteiger partial charge in [0, 0.05) is 22.3 Å². The highest BCUT2D eigenvalue weighted by atomic mass is 16.1. The van der Waals surface area contributed by atoms with E-state index in [9.17, 15) is 9.59 Å². The molecule has 0 saturated heterocycles. The molecule has 0 bridgehead atoms. The molecule has 0 atom stereocenters. The first-order chi connectivity index (χ1) is 11.8. The summed E-state index contributed by atoms with van der Waals surface area (Å²) in [5.74, 6) is 0. The quantitative estimate of drug-likeness (QED) is 0.555. The molecule has 0 aliphatic rings. The minimum Gasteiger partial charge on any atom is -0.285 e. The van der Waals surface area contributed by atoms with Crippen molar-refractivity contribution in [1.82, 2.24) is 0 Å². The molecule has 0 amide bonds. The van der Waals surface area contributed by atoms with Gasteiger partial charge in [0.2, 0.25) is 12.6 Å². The predicted octanol–water partition coefficient (Wildman–Crippen LogP) is 4.58. The summed E-state index contributed by atoms with van der Waals surface area (Å²) < 4.78 is 0. The molecular weight excluding hydrogens is 296 g/mol. The SMILES string of the molecule is O=[C]c1ccc2ccccc2c1-c1c([C]=O)ccc2ccccc12. The van der Waals surface area contributed by atoms with E-state index in [2.05, 4.69) is 0 Å². The van der Waals surface area contributed by atoms with Crippen molar-refractivity contribution >= 4 is 34.1 Å². The Morgan fingerprint density at radius 1 is 0.500 bits per heavy atom. The van der Waals surface area contributed by atoms with Crippen LogP contribution in [0.2, 0.25) is 0 Å². The molecule has 4 aromatic rings. The van der Waals surface area contributed by atoms with Crippen molar-refractivity contribution in [1.29, 1.82) is 0 Å². The average molecular weight is 308 g/mol. The lowest BCUT2D eigenvalue weighted by Gasteiger charge is -2.14. The zero-order valence-electron chi connectivity index (χ0n) is 12.7. The van der Waals surface area contributed by atoms with Gasteiger partial charge in [-0.15, -0.1) is 0 Å². The molecule has 0 aromatic heterocycles. The molecule has 4 aromatic carbocycles. The molecule has 24 heavy (non-hydrogen) atoms. The summed E-state index contributed by atoms with van der Waals surface area (Å²) in [5.41, 5.74) is 2.36. The number of carbonyl (C=O) groups excluding carboxylic acids is 2. The smallest absolute Gasteiger partial charge is 0.234 e. The second-order valence-electron chi connectivity index (χ2n) is 5.62. The van der Waals surface area contributed by atoms with E-state index in [4.69, 9.17) is 0 Å². The van der Waals surface area contributed by atoms with Gasteiger partial charge in [0.25, 0.3) is 0 Å². The summed E-state index contributed by atoms with van der Waals surface area (Å²) in [7, 11) is 0. The molecule has 0 heterocycles. The lowest BCUT2D eigenvalue weighted by molar-refractivity contribution is 0.562. The number of hydrogen-bond acceptors (Lipinski definition) is 2. The predicted molar refractivity (Wildman–Crippen MR) is 96.5 cm³/mol. The molecule has 0 unspecified atom stereocenters. The lowest BCUT2D eigenvalue weighted by atomic mass is 9.88. The molecular formula is C22H12O2. The van der Waals surface area contributed by atoms with Crippen molar-refractivity contribution in [3.8, 4) is 11.1 Å². The fourth-order valence-electron chi connectivity index (χ4n) is 3.25. The maximum absolute atomic E-state index is 11.6. The van der Waals surface area contributed by atoms with Crippen LogP contribution in [0.5, 0.6) is 0 Å². The summed E-state index contributed by atoms with van der Waals surface area (Å²) in [6, 6.07) is 22.9. The van der Waals surface area contributed by atoms with Gasteiger partial charge in [-0.1, -0.05) is 60.7 Å². The second kappa shape index (κ2) is 5.74. The van der Waals surface area contributed by atoms with Crippen LogP contribution < -0.4 is 0 Å². The van der Waals surface area contributed by atoms with Crippen LogP contribution in [0, 0.1) is 0 Å². The van der Waals surface area contributed by atoms with E-state index in [1.807, 2.05) is 73.2 Å². The Labute approximate surface area is 139 Å². The number of hydrogen-bond donors (Lipinski definition) is 0. The molecule has 112 valence electrons. The van der Waals surface area contributed by atoms with E-state index in [0.29, 0.717) is 11.1 Å². The standard InChI is InChI=1S/C22H12O2/c23-13-17-11-9-15-5-1-3-7-19(15)21(17)22-18(14-24)12-10-16-6-2-4-8-20(16)22/h1-12H. The summed E-state index contributed by atoms with van der Waals surface area (Å²) >= 11 is 0. The molecule has 0 aliphatic heterocycles. The Bertz CT molecular complexity index is 1000. The van der Waals surface area contributed by atoms with E-state index in [1.54, 1.807) is 12.1 Å². The fraction of sp³-hybridized carbons (Fsp3) is 0. The van der Waals surface area contributed by atoms with Crippen LogP contribution in [0.4, 0.5) is 0 Å². The highest BCUT2D eigenvalue weighted by molar-refractivity contribution is 6.14. The van der Waals surface area contributed by atoms with Crippen molar-refractivity contribution in [2.45, 2.75) is 0 Å². The van der Waals surface area contributed by atoms with Crippen LogP contribution in [-0.2, 0) is 9.59 Å². The van der Waals surface area contributed by atoms with Gasteiger partial charge in [-0.25, -0.2) is 0 Å². The summed E-state index contributed by atoms with van der Waals surface area (Å²) in [4.78, 5) is 23.1. The maximum Gasteiger partial charge on any atom is 0.234 e. The van der Waals surface area contributed by atoms with E-state index in [1.165, 1.54) is 0 Å². The summed E-state index contributed by atoms with van der Waals surface area (Å²) in [6.45, 7) is 0. The van der Waals surface area contributed by atoms with Crippen LogP contribution in [0.25, 0.3) is 32.7 Å². The van der Waals surface area contributed by atoms with Gasteiger partial charge in [0.1, 0.15) is 0 Å². The van der Waals surface area contributed by atoms with Crippen LogP contribution in [0.3, 0.4) is 0 Å². The third kappa shape index (κ3) is 2.12. The monoisotopic (exact) mass is 308 g/mol. The van der Waals surface area contributed by atoms with E-state index in [0.717, 1.165) is 32.7 Å². The van der Waals surface area contributed by atoms with Crippen LogP contribution in [-0.4, -0.2) is 12.6 Å². The van der Waals surface area contributed by atoms with Gasteiger partial charge in [-0.2, -0.15) is 0 Å². The fourth-order valence-corrected chi connectivity index (χ4v) is 3.25. The summed E-state index contributed by atoms with van der Waals surface area (Å²) in [5, 5.41) is 3.87. The maximum atomic E-state index is 11.6. The first-order valence-corrected chi connectivity index (χ1v) is 7.63. The van der Waals surface area contributed by atoms with Crippen molar-refractivity contribution in [3.63, 3.8) is 0 Å². The van der Waals surface area contributed by atoms with Crippen LogP contribution in [0.1, 0.15) is 11.1 Å². The zero-order chi connectivity index (χ0) is 16.5. The lowest BCUT2D eigenvalue weighted by Crippen LogP contribution is -1.96. The van der Waals surface area contributed by atoms with Gasteiger partial charge in [0.05, 0.1) is 0 Å². The van der Waals surface area contributed by atoms with Crippen LogP contribution >= 0.6 is 0 Å². The van der Waals surface area contributed by atoms with E-state index >= 15 is 0 Å². The summed E-state index contributed by atoms with van der Waals surface area (Å²) in [6.07, 6.45) is 4.04. The largest absolute Gasteiger partial charge is 0.285 e. The molecule has 0 N–H and O–H groups in total. The molecule has 0 saturated carbocycles. The third-order valence-corrected chi connectivity index (χ3v) is 4.33. The van der Waals surface area contributed by atoms with Gasteiger partial charge in [-0.05, 0) is 33.7 Å². The van der Waals surface area contributed by atoms with Crippen LogP contribution in [0.15, 0.2) is 72.8 Å². The molecule has 0 aliphatic carbocycles. The Morgan fingerprint density at radius 2 is 0.917 bits per heavy atom. The van der Waals surface area contributed by atoms with Gasteiger partial charge < -0.3 is 0 Å². The van der Waals surface area contributed by atoms with E-state index in [-0.39, 0.29) is 0 Å². The van der Waals surface area contributed by atoms with E-state index < -0.39 is 0 Å². The number of fused-ring (bicyclic) bond motifs is 2. The van der Waals surface area contributed by atoms with Gasteiger partial charge in [-0.3, -0.25) is 9.59 Å². The highest BCUT2D eigenvalue weighted by Gasteiger charge is 2.16. The molecule has 0 spiro atoms. The minimum absolute atomic E-state index is 0.446. The topological polar surface area (TPSA) is 34.1 Å². The highest BCUT2D eigenvalue weighted by Crippen LogP contribution is 2.38. The van der Waals surface area contributed by atoms with Gasteiger partial charge in [0.15, 0.2) is 0 Å². The number of rotatable bonds is 3. The van der Waals surface area contributed by atoms with Crippen molar-refractivity contribution < 1.29 is 9.59 Å². The second-order valence-corrected chi connectivity index (χ2v) is 5.62. The molecule has 2 heteroatoms. The number of benzene rings is 4. The zero-order valence-corrected chi connectivity index (χ0v) is 12.7.